The van der Waals surface area contributed by atoms with Crippen LogP contribution in [0.3, 0.4) is 0 Å². The van der Waals surface area contributed by atoms with Gasteiger partial charge in [-0.05, 0) is 57.4 Å². The summed E-state index contributed by atoms with van der Waals surface area (Å²) in [7, 11) is 1.63. The predicted octanol–water partition coefficient (Wildman–Crippen LogP) is 4.81. The zero-order valence-electron chi connectivity index (χ0n) is 16.0. The molecule has 1 aliphatic carbocycles. The quantitative estimate of drug-likeness (QED) is 0.765. The van der Waals surface area contributed by atoms with E-state index in [4.69, 9.17) is 0 Å². The molecule has 0 bridgehead atoms. The first-order valence-corrected chi connectivity index (χ1v) is 8.99. The molecule has 0 spiro atoms. The summed E-state index contributed by atoms with van der Waals surface area (Å²) in [4.78, 5) is 14.3. The summed E-state index contributed by atoms with van der Waals surface area (Å²) < 4.78 is 39.9. The first kappa shape index (κ1) is 19.5. The Bertz CT molecular complexity index is 828. The van der Waals surface area contributed by atoms with Gasteiger partial charge < -0.3 is 4.90 Å². The summed E-state index contributed by atoms with van der Waals surface area (Å²) in [5.74, 6) is 0.221. The Morgan fingerprint density at radius 3 is 2.26 bits per heavy atom. The van der Waals surface area contributed by atoms with Gasteiger partial charge in [-0.2, -0.15) is 18.3 Å². The largest absolute Gasteiger partial charge is 0.416 e. The van der Waals surface area contributed by atoms with Crippen molar-refractivity contribution in [1.29, 1.82) is 0 Å². The average Bonchev–Trinajstić information content (AvgIpc) is 3.30. The number of benzene rings is 1. The van der Waals surface area contributed by atoms with E-state index in [-0.39, 0.29) is 18.0 Å². The highest BCUT2D eigenvalue weighted by Gasteiger charge is 2.33. The first-order valence-electron chi connectivity index (χ1n) is 8.99. The molecule has 7 heteroatoms. The van der Waals surface area contributed by atoms with E-state index in [1.807, 2.05) is 31.5 Å². The van der Waals surface area contributed by atoms with E-state index in [2.05, 4.69) is 5.10 Å². The standard InChI is InChI=1S/C20H24F3N3O/c1-19(2,3)26-17(14-7-8-14)11-16(24-26)18(27)25(4)12-13-5-9-15(10-6-13)20(21,22)23/h5-6,9-11,14H,7-8,12H2,1-4H3. The van der Waals surface area contributed by atoms with Crippen molar-refractivity contribution in [3.8, 4) is 0 Å². The monoisotopic (exact) mass is 379 g/mol. The van der Waals surface area contributed by atoms with Crippen LogP contribution in [0.2, 0.25) is 0 Å². The number of carbonyl (C=O) groups is 1. The van der Waals surface area contributed by atoms with Gasteiger partial charge in [-0.25, -0.2) is 0 Å². The molecule has 1 aliphatic rings. The molecule has 0 aliphatic heterocycles. The highest BCUT2D eigenvalue weighted by molar-refractivity contribution is 5.92. The number of aromatic nitrogens is 2. The third kappa shape index (κ3) is 4.34. The van der Waals surface area contributed by atoms with Gasteiger partial charge in [-0.3, -0.25) is 9.48 Å². The fourth-order valence-electron chi connectivity index (χ4n) is 3.05. The maximum Gasteiger partial charge on any atom is 0.416 e. The van der Waals surface area contributed by atoms with Gasteiger partial charge in [0.1, 0.15) is 0 Å². The van der Waals surface area contributed by atoms with Gasteiger partial charge in [-0.1, -0.05) is 12.1 Å². The Hall–Kier alpha value is -2.31. The van der Waals surface area contributed by atoms with Crippen LogP contribution in [0.25, 0.3) is 0 Å². The Labute approximate surface area is 157 Å². The smallest absolute Gasteiger partial charge is 0.336 e. The van der Waals surface area contributed by atoms with Crippen molar-refractivity contribution >= 4 is 5.91 Å². The number of amides is 1. The van der Waals surface area contributed by atoms with Gasteiger partial charge in [0, 0.05) is 25.2 Å². The Morgan fingerprint density at radius 1 is 1.19 bits per heavy atom. The number of alkyl halides is 3. The van der Waals surface area contributed by atoms with E-state index in [1.165, 1.54) is 17.0 Å². The van der Waals surface area contributed by atoms with Crippen molar-refractivity contribution in [2.75, 3.05) is 7.05 Å². The number of carbonyl (C=O) groups excluding carboxylic acids is 1. The van der Waals surface area contributed by atoms with E-state index in [0.29, 0.717) is 17.2 Å². The molecule has 1 saturated carbocycles. The van der Waals surface area contributed by atoms with Crippen LogP contribution in [0.5, 0.6) is 0 Å². The van der Waals surface area contributed by atoms with Gasteiger partial charge in [0.05, 0.1) is 11.1 Å². The molecule has 0 N–H and O–H groups in total. The molecule has 3 rings (SSSR count). The van der Waals surface area contributed by atoms with E-state index in [1.54, 1.807) is 7.05 Å². The molecule has 146 valence electrons. The van der Waals surface area contributed by atoms with Gasteiger partial charge in [0.15, 0.2) is 5.69 Å². The SMILES string of the molecule is CN(Cc1ccc(C(F)(F)F)cc1)C(=O)c1cc(C2CC2)n(C(C)(C)C)n1. The molecule has 0 atom stereocenters. The second-order valence-electron chi connectivity index (χ2n) is 8.17. The van der Waals surface area contributed by atoms with Crippen LogP contribution in [0.1, 0.15) is 66.8 Å². The molecule has 0 radical (unpaired) electrons. The first-order chi connectivity index (χ1) is 12.5. The zero-order chi connectivity index (χ0) is 20.0. The fourth-order valence-corrected chi connectivity index (χ4v) is 3.05. The number of nitrogens with zero attached hydrogens (tertiary/aromatic N) is 3. The highest BCUT2D eigenvalue weighted by Crippen LogP contribution is 2.41. The Balaban J connectivity index is 1.76. The normalized spacial score (nSPS) is 15.1. The van der Waals surface area contributed by atoms with E-state index in [9.17, 15) is 18.0 Å². The Kier molecular flexibility index (Phi) is 4.82. The topological polar surface area (TPSA) is 38.1 Å². The number of hydrogen-bond donors (Lipinski definition) is 0. The molecule has 1 amide bonds. The zero-order valence-corrected chi connectivity index (χ0v) is 16.0. The van der Waals surface area contributed by atoms with Crippen LogP contribution in [-0.2, 0) is 18.3 Å². The van der Waals surface area contributed by atoms with Gasteiger partial charge in [0.2, 0.25) is 0 Å². The molecule has 1 aromatic carbocycles. The molecule has 1 aromatic heterocycles. The average molecular weight is 379 g/mol. The van der Waals surface area contributed by atoms with E-state index >= 15 is 0 Å². The summed E-state index contributed by atoms with van der Waals surface area (Å²) in [6.45, 7) is 6.36. The number of halogens is 3. The summed E-state index contributed by atoms with van der Waals surface area (Å²) in [5, 5.41) is 4.53. The van der Waals surface area contributed by atoms with Crippen LogP contribution < -0.4 is 0 Å². The summed E-state index contributed by atoms with van der Waals surface area (Å²) in [6.07, 6.45) is -2.15. The molecular formula is C20H24F3N3O. The maximum atomic E-state index is 12.8. The molecule has 4 nitrogen and oxygen atoms in total. The minimum atomic E-state index is -4.36. The summed E-state index contributed by atoms with van der Waals surface area (Å²) in [5.41, 5.74) is 1.17. The molecule has 27 heavy (non-hydrogen) atoms. The minimum Gasteiger partial charge on any atom is -0.336 e. The molecule has 1 fully saturated rings. The number of hydrogen-bond acceptors (Lipinski definition) is 2. The van der Waals surface area contributed by atoms with Gasteiger partial charge >= 0.3 is 6.18 Å². The van der Waals surface area contributed by atoms with Crippen molar-refractivity contribution < 1.29 is 18.0 Å². The molecule has 0 unspecified atom stereocenters. The van der Waals surface area contributed by atoms with Crippen LogP contribution >= 0.6 is 0 Å². The van der Waals surface area contributed by atoms with E-state index in [0.717, 1.165) is 30.7 Å². The maximum absolute atomic E-state index is 12.8. The van der Waals surface area contributed by atoms with Crippen LogP contribution in [0.15, 0.2) is 30.3 Å². The van der Waals surface area contributed by atoms with Crippen molar-refractivity contribution in [3.63, 3.8) is 0 Å². The van der Waals surface area contributed by atoms with E-state index < -0.39 is 11.7 Å². The fraction of sp³-hybridized carbons (Fsp3) is 0.500. The molecule has 0 saturated heterocycles. The third-order valence-corrected chi connectivity index (χ3v) is 4.63. The summed E-state index contributed by atoms with van der Waals surface area (Å²) >= 11 is 0. The minimum absolute atomic E-state index is 0.220. The Morgan fingerprint density at radius 2 is 1.78 bits per heavy atom. The lowest BCUT2D eigenvalue weighted by Gasteiger charge is -2.22. The lowest BCUT2D eigenvalue weighted by molar-refractivity contribution is -0.137. The van der Waals surface area contributed by atoms with Gasteiger partial charge in [0.25, 0.3) is 5.91 Å². The van der Waals surface area contributed by atoms with Crippen molar-refractivity contribution in [2.45, 2.75) is 57.8 Å². The highest BCUT2D eigenvalue weighted by atomic mass is 19.4. The van der Waals surface area contributed by atoms with Crippen molar-refractivity contribution in [3.05, 3.63) is 52.8 Å². The predicted molar refractivity (Wildman–Crippen MR) is 96.4 cm³/mol. The lowest BCUT2D eigenvalue weighted by Crippen LogP contribution is -2.28. The van der Waals surface area contributed by atoms with Crippen LogP contribution in [-0.4, -0.2) is 27.6 Å². The second-order valence-corrected chi connectivity index (χ2v) is 8.17. The lowest BCUT2D eigenvalue weighted by atomic mass is 10.1. The van der Waals surface area contributed by atoms with Crippen molar-refractivity contribution in [1.82, 2.24) is 14.7 Å². The van der Waals surface area contributed by atoms with Crippen LogP contribution in [0, 0.1) is 0 Å². The third-order valence-electron chi connectivity index (χ3n) is 4.63. The summed E-state index contributed by atoms with van der Waals surface area (Å²) in [6, 6.07) is 6.72. The van der Waals surface area contributed by atoms with Gasteiger partial charge in [-0.15, -0.1) is 0 Å². The number of rotatable bonds is 4. The molecular weight excluding hydrogens is 355 g/mol. The van der Waals surface area contributed by atoms with Crippen LogP contribution in [0.4, 0.5) is 13.2 Å². The molecule has 2 aromatic rings. The molecule has 1 heterocycles. The van der Waals surface area contributed by atoms with Crippen molar-refractivity contribution in [2.24, 2.45) is 0 Å². The second kappa shape index (κ2) is 6.69.